The number of nitrogens with zero attached hydrogens (tertiary/aromatic N) is 2. The van der Waals surface area contributed by atoms with Crippen LogP contribution >= 0.6 is 27.7 Å². The van der Waals surface area contributed by atoms with Crippen molar-refractivity contribution in [3.05, 3.63) is 63.0 Å². The molecule has 0 aliphatic carbocycles. The molecule has 3 rings (SSSR count). The van der Waals surface area contributed by atoms with Crippen molar-refractivity contribution in [3.63, 3.8) is 0 Å². The second-order valence-electron chi connectivity index (χ2n) is 5.74. The number of amides is 1. The van der Waals surface area contributed by atoms with Gasteiger partial charge in [0.25, 0.3) is 0 Å². The van der Waals surface area contributed by atoms with Crippen molar-refractivity contribution in [3.8, 4) is 0 Å². The van der Waals surface area contributed by atoms with E-state index < -0.39 is 0 Å². The zero-order chi connectivity index (χ0) is 18.0. The largest absolute Gasteiger partial charge is 0.328 e. The third-order valence-corrected chi connectivity index (χ3v) is 5.76. The van der Waals surface area contributed by atoms with Gasteiger partial charge in [0.05, 0.1) is 16.8 Å². The van der Waals surface area contributed by atoms with Gasteiger partial charge in [0.15, 0.2) is 0 Å². The monoisotopic (exact) mass is 419 g/mol. The number of hydrogen-bond acceptors (Lipinski definition) is 3. The first-order valence-electron chi connectivity index (χ1n) is 7.74. The van der Waals surface area contributed by atoms with Gasteiger partial charge in [0, 0.05) is 30.0 Å². The molecule has 0 aliphatic heterocycles. The van der Waals surface area contributed by atoms with E-state index >= 15 is 0 Å². The van der Waals surface area contributed by atoms with Crippen LogP contribution in [0, 0.1) is 0 Å². The Balaban J connectivity index is 1.63. The number of imidazole rings is 1. The van der Waals surface area contributed by atoms with E-state index in [0.717, 1.165) is 21.3 Å². The Morgan fingerprint density at radius 2 is 1.84 bits per heavy atom. The van der Waals surface area contributed by atoms with E-state index in [1.165, 1.54) is 5.56 Å². The maximum Gasteiger partial charge on any atom is 0.328 e. The number of thioether (sulfide) groups is 1. The fourth-order valence-corrected chi connectivity index (χ4v) is 4.09. The smallest absolute Gasteiger partial charge is 0.325 e. The van der Waals surface area contributed by atoms with Crippen molar-refractivity contribution in [2.24, 2.45) is 14.1 Å². The zero-order valence-electron chi connectivity index (χ0n) is 14.0. The number of halogens is 1. The highest BCUT2D eigenvalue weighted by molar-refractivity contribution is 9.10. The molecule has 3 aromatic rings. The minimum Gasteiger partial charge on any atom is -0.325 e. The molecule has 0 unspecified atom stereocenters. The third kappa shape index (κ3) is 3.82. The minimum absolute atomic E-state index is 0.0580. The molecule has 1 amide bonds. The molecule has 1 heterocycles. The summed E-state index contributed by atoms with van der Waals surface area (Å²) >= 11 is 5.07. The van der Waals surface area contributed by atoms with Crippen molar-refractivity contribution >= 4 is 50.3 Å². The van der Waals surface area contributed by atoms with Gasteiger partial charge in [-0.1, -0.05) is 34.1 Å². The molecule has 0 saturated heterocycles. The number of anilines is 1. The Morgan fingerprint density at radius 1 is 1.12 bits per heavy atom. The lowest BCUT2D eigenvalue weighted by molar-refractivity contribution is -0.113. The highest BCUT2D eigenvalue weighted by Crippen LogP contribution is 2.22. The van der Waals surface area contributed by atoms with Gasteiger partial charge in [-0.2, -0.15) is 0 Å². The number of aryl methyl sites for hydroxylation is 2. The number of hydrogen-bond donors (Lipinski definition) is 1. The number of nitrogens with one attached hydrogen (secondary N) is 1. The van der Waals surface area contributed by atoms with Gasteiger partial charge in [-0.3, -0.25) is 13.9 Å². The Morgan fingerprint density at radius 3 is 2.60 bits per heavy atom. The first-order chi connectivity index (χ1) is 12.0. The second kappa shape index (κ2) is 7.49. The van der Waals surface area contributed by atoms with Crippen LogP contribution in [0.5, 0.6) is 0 Å². The first-order valence-corrected chi connectivity index (χ1v) is 9.68. The fraction of sp³-hybridized carbons (Fsp3) is 0.222. The summed E-state index contributed by atoms with van der Waals surface area (Å²) < 4.78 is 4.22. The van der Waals surface area contributed by atoms with Crippen molar-refractivity contribution in [1.29, 1.82) is 0 Å². The van der Waals surface area contributed by atoms with E-state index in [0.29, 0.717) is 11.4 Å². The molecule has 25 heavy (non-hydrogen) atoms. The first kappa shape index (κ1) is 17.8. The van der Waals surface area contributed by atoms with Gasteiger partial charge in [-0.15, -0.1) is 11.8 Å². The van der Waals surface area contributed by atoms with Gasteiger partial charge in [0.2, 0.25) is 5.91 Å². The number of carbonyl (C=O) groups excluding carboxylic acids is 1. The summed E-state index contributed by atoms with van der Waals surface area (Å²) in [7, 11) is 3.46. The van der Waals surface area contributed by atoms with Gasteiger partial charge in [0.1, 0.15) is 0 Å². The molecular weight excluding hydrogens is 402 g/mol. The van der Waals surface area contributed by atoms with E-state index in [9.17, 15) is 9.59 Å². The van der Waals surface area contributed by atoms with E-state index in [4.69, 9.17) is 0 Å². The fourth-order valence-electron chi connectivity index (χ4n) is 2.65. The number of aromatic nitrogens is 2. The minimum atomic E-state index is -0.0810. The number of carbonyl (C=O) groups is 1. The molecule has 0 bridgehead atoms. The maximum atomic E-state index is 12.2. The van der Waals surface area contributed by atoms with Crippen LogP contribution in [0.2, 0.25) is 0 Å². The molecular formula is C18H18BrN3O2S. The predicted octanol–water partition coefficient (Wildman–Crippen LogP) is 3.51. The Kier molecular flexibility index (Phi) is 5.34. The molecule has 1 aromatic heterocycles. The van der Waals surface area contributed by atoms with Crippen molar-refractivity contribution < 1.29 is 4.79 Å². The Labute approximate surface area is 158 Å². The topological polar surface area (TPSA) is 56.0 Å². The van der Waals surface area contributed by atoms with E-state index in [1.54, 1.807) is 35.0 Å². The van der Waals surface area contributed by atoms with Crippen LogP contribution in [0.15, 0.2) is 51.7 Å². The van der Waals surface area contributed by atoms with Crippen LogP contribution < -0.4 is 11.0 Å². The molecule has 0 fully saturated rings. The Bertz CT molecular complexity index is 994. The molecule has 0 atom stereocenters. The number of rotatable bonds is 5. The summed E-state index contributed by atoms with van der Waals surface area (Å²) in [5.41, 5.74) is 3.42. The molecule has 2 aromatic carbocycles. The van der Waals surface area contributed by atoms with Gasteiger partial charge in [-0.05, 0) is 29.8 Å². The quantitative estimate of drug-likeness (QED) is 0.688. The van der Waals surface area contributed by atoms with Crippen LogP contribution in [0.3, 0.4) is 0 Å². The SMILES string of the molecule is Cn1c(=O)n(C)c2cc(NC(=O)CSCc3ccccc3Br)ccc21. The summed E-state index contributed by atoms with van der Waals surface area (Å²) in [5.74, 6) is 1.08. The summed E-state index contributed by atoms with van der Waals surface area (Å²) in [6.07, 6.45) is 0. The number of fused-ring (bicyclic) bond motifs is 1. The van der Waals surface area contributed by atoms with Gasteiger partial charge >= 0.3 is 5.69 Å². The molecule has 0 saturated carbocycles. The molecule has 1 N–H and O–H groups in total. The van der Waals surface area contributed by atoms with Crippen LogP contribution in [-0.4, -0.2) is 20.8 Å². The van der Waals surface area contributed by atoms with Crippen LogP contribution in [-0.2, 0) is 24.6 Å². The van der Waals surface area contributed by atoms with Crippen LogP contribution in [0.4, 0.5) is 5.69 Å². The van der Waals surface area contributed by atoms with Crippen molar-refractivity contribution in [2.75, 3.05) is 11.1 Å². The van der Waals surface area contributed by atoms with Crippen LogP contribution in [0.25, 0.3) is 11.0 Å². The standard InChI is InChI=1S/C18H18BrN3O2S/c1-21-15-8-7-13(9-16(15)22(2)18(21)24)20-17(23)11-25-10-12-5-3-4-6-14(12)19/h3-9H,10-11H2,1-2H3,(H,20,23). The summed E-state index contributed by atoms with van der Waals surface area (Å²) in [6, 6.07) is 13.5. The average molecular weight is 420 g/mol. The Hall–Kier alpha value is -1.99. The lowest BCUT2D eigenvalue weighted by Gasteiger charge is -2.07. The predicted molar refractivity (Wildman–Crippen MR) is 107 cm³/mol. The summed E-state index contributed by atoms with van der Waals surface area (Å²) in [5, 5.41) is 2.89. The van der Waals surface area contributed by atoms with E-state index in [2.05, 4.69) is 21.2 Å². The van der Waals surface area contributed by atoms with Crippen molar-refractivity contribution in [2.45, 2.75) is 5.75 Å². The summed E-state index contributed by atoms with van der Waals surface area (Å²) in [4.78, 5) is 24.1. The van der Waals surface area contributed by atoms with E-state index in [-0.39, 0.29) is 11.6 Å². The third-order valence-electron chi connectivity index (χ3n) is 4.00. The molecule has 0 aliphatic rings. The molecule has 5 nitrogen and oxygen atoms in total. The normalized spacial score (nSPS) is 11.0. The van der Waals surface area contributed by atoms with Crippen LogP contribution in [0.1, 0.15) is 5.56 Å². The highest BCUT2D eigenvalue weighted by atomic mass is 79.9. The average Bonchev–Trinajstić information content (AvgIpc) is 2.81. The zero-order valence-corrected chi connectivity index (χ0v) is 16.4. The lowest BCUT2D eigenvalue weighted by atomic mass is 10.2. The molecule has 130 valence electrons. The highest BCUT2D eigenvalue weighted by Gasteiger charge is 2.10. The van der Waals surface area contributed by atoms with Gasteiger partial charge in [-0.25, -0.2) is 4.79 Å². The second-order valence-corrected chi connectivity index (χ2v) is 7.58. The molecule has 0 radical (unpaired) electrons. The van der Waals surface area contributed by atoms with E-state index in [1.807, 2.05) is 42.5 Å². The molecule has 0 spiro atoms. The maximum absolute atomic E-state index is 12.2. The lowest BCUT2D eigenvalue weighted by Crippen LogP contribution is -2.19. The van der Waals surface area contributed by atoms with Crippen molar-refractivity contribution in [1.82, 2.24) is 9.13 Å². The number of benzene rings is 2. The summed E-state index contributed by atoms with van der Waals surface area (Å²) in [6.45, 7) is 0. The molecule has 7 heteroatoms. The van der Waals surface area contributed by atoms with Gasteiger partial charge < -0.3 is 5.32 Å².